The molecule has 0 saturated carbocycles. The molecule has 2 aromatic rings. The fraction of sp³-hybridized carbons (Fsp3) is 0.182. The van der Waals surface area contributed by atoms with E-state index in [9.17, 15) is 5.11 Å². The van der Waals surface area contributed by atoms with Crippen LogP contribution < -0.4 is 0 Å². The van der Waals surface area contributed by atoms with Gasteiger partial charge in [0.15, 0.2) is 17.2 Å². The van der Waals surface area contributed by atoms with Crippen LogP contribution in [-0.2, 0) is 0 Å². The van der Waals surface area contributed by atoms with Gasteiger partial charge < -0.3 is 9.63 Å². The second kappa shape index (κ2) is 3.59. The zero-order chi connectivity index (χ0) is 11.0. The van der Waals surface area contributed by atoms with Crippen molar-refractivity contribution in [2.24, 2.45) is 0 Å². The molecule has 0 fully saturated rings. The third kappa shape index (κ3) is 1.70. The summed E-state index contributed by atoms with van der Waals surface area (Å²) in [5, 5.41) is 14.0. The lowest BCUT2D eigenvalue weighted by Crippen LogP contribution is -1.81. The van der Waals surface area contributed by atoms with Gasteiger partial charge in [0, 0.05) is 12.5 Å². The van der Waals surface area contributed by atoms with Crippen LogP contribution in [0.4, 0.5) is 0 Å². The number of hydrogen-bond acceptors (Lipinski definition) is 3. The molecule has 4 heteroatoms. The molecule has 1 aromatic heterocycles. The van der Waals surface area contributed by atoms with E-state index in [1.54, 1.807) is 6.92 Å². The van der Waals surface area contributed by atoms with E-state index >= 15 is 0 Å². The molecule has 0 unspecified atom stereocenters. The topological polar surface area (TPSA) is 46.3 Å². The van der Waals surface area contributed by atoms with Crippen molar-refractivity contribution in [1.29, 1.82) is 0 Å². The summed E-state index contributed by atoms with van der Waals surface area (Å²) >= 11 is 6.05. The summed E-state index contributed by atoms with van der Waals surface area (Å²) in [6.45, 7) is 3.59. The van der Waals surface area contributed by atoms with Gasteiger partial charge in [-0.2, -0.15) is 0 Å². The lowest BCUT2D eigenvalue weighted by molar-refractivity contribution is 0.384. The Labute approximate surface area is 92.3 Å². The summed E-state index contributed by atoms with van der Waals surface area (Å²) in [6, 6.07) is 5.54. The number of hydrogen-bond donors (Lipinski definition) is 1. The number of benzene rings is 1. The van der Waals surface area contributed by atoms with Gasteiger partial charge in [0.05, 0.1) is 5.02 Å². The summed E-state index contributed by atoms with van der Waals surface area (Å²) in [4.78, 5) is 0. The van der Waals surface area contributed by atoms with Gasteiger partial charge in [-0.25, -0.2) is 0 Å². The van der Waals surface area contributed by atoms with E-state index < -0.39 is 0 Å². The van der Waals surface area contributed by atoms with Crippen molar-refractivity contribution in [1.82, 2.24) is 5.16 Å². The van der Waals surface area contributed by atoms with Gasteiger partial charge in [0.2, 0.25) is 0 Å². The molecule has 0 spiro atoms. The van der Waals surface area contributed by atoms with E-state index in [1.807, 2.05) is 25.1 Å². The molecule has 3 nitrogen and oxygen atoms in total. The highest BCUT2D eigenvalue weighted by Gasteiger charge is 2.15. The minimum absolute atomic E-state index is 0.0424. The Morgan fingerprint density at radius 1 is 1.33 bits per heavy atom. The van der Waals surface area contributed by atoms with Crippen molar-refractivity contribution in [2.75, 3.05) is 0 Å². The second-order valence-electron chi connectivity index (χ2n) is 3.42. The maximum Gasteiger partial charge on any atom is 0.186 e. The van der Waals surface area contributed by atoms with Crippen LogP contribution in [0.25, 0.3) is 11.3 Å². The van der Waals surface area contributed by atoms with Crippen LogP contribution in [0, 0.1) is 13.8 Å². The molecule has 1 heterocycles. The molecule has 0 saturated heterocycles. The van der Waals surface area contributed by atoms with Crippen LogP contribution in [0.5, 0.6) is 5.75 Å². The Kier molecular flexibility index (Phi) is 2.40. The van der Waals surface area contributed by atoms with Crippen LogP contribution in [0.2, 0.25) is 5.02 Å². The molecule has 0 atom stereocenters. The average Bonchev–Trinajstić information content (AvgIpc) is 2.49. The van der Waals surface area contributed by atoms with E-state index in [0.717, 1.165) is 5.56 Å². The van der Waals surface area contributed by atoms with E-state index in [4.69, 9.17) is 16.1 Å². The number of aromatic nitrogens is 1. The Hall–Kier alpha value is -1.48. The average molecular weight is 224 g/mol. The maximum atomic E-state index is 9.67. The molecule has 15 heavy (non-hydrogen) atoms. The maximum absolute atomic E-state index is 9.67. The number of rotatable bonds is 1. The lowest BCUT2D eigenvalue weighted by atomic mass is 10.1. The summed E-state index contributed by atoms with van der Waals surface area (Å²) in [5.41, 5.74) is 2.12. The number of nitrogens with zero attached hydrogens (tertiary/aromatic N) is 1. The molecule has 0 bridgehead atoms. The third-order valence-corrected chi connectivity index (χ3v) is 2.52. The van der Waals surface area contributed by atoms with Crippen molar-refractivity contribution in [3.05, 3.63) is 34.5 Å². The zero-order valence-electron chi connectivity index (χ0n) is 8.41. The fourth-order valence-electron chi connectivity index (χ4n) is 1.36. The lowest BCUT2D eigenvalue weighted by Gasteiger charge is -2.01. The van der Waals surface area contributed by atoms with Gasteiger partial charge in [-0.05, 0) is 18.6 Å². The Bertz CT molecular complexity index is 505. The molecular weight excluding hydrogens is 214 g/mol. The van der Waals surface area contributed by atoms with E-state index in [1.165, 1.54) is 0 Å². The standard InChI is InChI=1S/C11H10ClNO2/c1-6-3-4-8(9(12)5-6)10-11(14)7(2)15-13-10/h3-5,14H,1-2H3. The Morgan fingerprint density at radius 3 is 2.60 bits per heavy atom. The first-order valence-corrected chi connectivity index (χ1v) is 4.89. The molecule has 0 aliphatic rings. The molecule has 2 rings (SSSR count). The van der Waals surface area contributed by atoms with E-state index in [0.29, 0.717) is 22.0 Å². The van der Waals surface area contributed by atoms with Crippen molar-refractivity contribution in [3.63, 3.8) is 0 Å². The molecule has 1 aromatic carbocycles. The molecule has 0 aliphatic carbocycles. The molecule has 78 valence electrons. The summed E-state index contributed by atoms with van der Waals surface area (Å²) < 4.78 is 4.88. The van der Waals surface area contributed by atoms with Crippen LogP contribution in [0.3, 0.4) is 0 Å². The van der Waals surface area contributed by atoms with Gasteiger partial charge in [0.25, 0.3) is 0 Å². The molecular formula is C11H10ClNO2. The van der Waals surface area contributed by atoms with Crippen LogP contribution >= 0.6 is 11.6 Å². The normalized spacial score (nSPS) is 10.6. The third-order valence-electron chi connectivity index (χ3n) is 2.21. The molecule has 1 N–H and O–H groups in total. The molecule has 0 amide bonds. The van der Waals surface area contributed by atoms with Gasteiger partial charge in [-0.15, -0.1) is 0 Å². The van der Waals surface area contributed by atoms with Gasteiger partial charge in [0.1, 0.15) is 0 Å². The van der Waals surface area contributed by atoms with Gasteiger partial charge in [-0.1, -0.05) is 28.9 Å². The molecule has 0 aliphatic heterocycles. The minimum Gasteiger partial charge on any atom is -0.503 e. The number of halogens is 1. The van der Waals surface area contributed by atoms with Gasteiger partial charge >= 0.3 is 0 Å². The first-order chi connectivity index (χ1) is 7.09. The quantitative estimate of drug-likeness (QED) is 0.807. The molecule has 0 radical (unpaired) electrons. The van der Waals surface area contributed by atoms with Crippen molar-refractivity contribution in [3.8, 4) is 17.0 Å². The van der Waals surface area contributed by atoms with Gasteiger partial charge in [-0.3, -0.25) is 0 Å². The number of aromatic hydroxyl groups is 1. The van der Waals surface area contributed by atoms with Crippen LogP contribution in [-0.4, -0.2) is 10.3 Å². The largest absolute Gasteiger partial charge is 0.503 e. The Balaban J connectivity index is 2.59. The summed E-state index contributed by atoms with van der Waals surface area (Å²) in [6.07, 6.45) is 0. The van der Waals surface area contributed by atoms with Crippen molar-refractivity contribution < 1.29 is 9.63 Å². The number of aryl methyl sites for hydroxylation is 2. The highest BCUT2D eigenvalue weighted by molar-refractivity contribution is 6.33. The predicted molar refractivity (Wildman–Crippen MR) is 58.1 cm³/mol. The SMILES string of the molecule is Cc1ccc(-c2noc(C)c2O)c(Cl)c1. The van der Waals surface area contributed by atoms with Crippen LogP contribution in [0.1, 0.15) is 11.3 Å². The first kappa shape index (κ1) is 10.1. The highest BCUT2D eigenvalue weighted by Crippen LogP contribution is 2.35. The van der Waals surface area contributed by atoms with Crippen molar-refractivity contribution >= 4 is 11.6 Å². The summed E-state index contributed by atoms with van der Waals surface area (Å²) in [5.74, 6) is 0.433. The Morgan fingerprint density at radius 2 is 2.07 bits per heavy atom. The minimum atomic E-state index is 0.0424. The van der Waals surface area contributed by atoms with Crippen molar-refractivity contribution in [2.45, 2.75) is 13.8 Å². The smallest absolute Gasteiger partial charge is 0.186 e. The monoisotopic (exact) mass is 223 g/mol. The predicted octanol–water partition coefficient (Wildman–Crippen LogP) is 3.32. The zero-order valence-corrected chi connectivity index (χ0v) is 9.17. The second-order valence-corrected chi connectivity index (χ2v) is 3.83. The highest BCUT2D eigenvalue weighted by atomic mass is 35.5. The van der Waals surface area contributed by atoms with E-state index in [-0.39, 0.29) is 5.75 Å². The first-order valence-electron chi connectivity index (χ1n) is 4.51. The van der Waals surface area contributed by atoms with Crippen LogP contribution in [0.15, 0.2) is 22.7 Å². The summed E-state index contributed by atoms with van der Waals surface area (Å²) in [7, 11) is 0. The van der Waals surface area contributed by atoms with E-state index in [2.05, 4.69) is 5.16 Å². The fourth-order valence-corrected chi connectivity index (χ4v) is 1.68.